The number of primary amides is 1. The number of benzene rings is 2. The summed E-state index contributed by atoms with van der Waals surface area (Å²) in [6.45, 7) is 5.73. The zero-order valence-corrected chi connectivity index (χ0v) is 19.1. The number of hydrogen-bond acceptors (Lipinski definition) is 5. The first-order valence-electron chi connectivity index (χ1n) is 11.3. The normalized spacial score (nSPS) is 13.6. The molecule has 1 aliphatic heterocycles. The summed E-state index contributed by atoms with van der Waals surface area (Å²) in [4.78, 5) is 27.0. The van der Waals surface area contributed by atoms with Crippen LogP contribution in [0.25, 0.3) is 5.69 Å². The topological polar surface area (TPSA) is 105 Å². The van der Waals surface area contributed by atoms with Gasteiger partial charge in [-0.2, -0.15) is 5.10 Å². The maximum Gasteiger partial charge on any atom is 0.250 e. The second kappa shape index (κ2) is 9.77. The Morgan fingerprint density at radius 2 is 1.73 bits per heavy atom. The summed E-state index contributed by atoms with van der Waals surface area (Å²) in [7, 11) is 0. The number of carbonyl (C=O) groups is 2. The van der Waals surface area contributed by atoms with Gasteiger partial charge in [0.2, 0.25) is 5.91 Å². The van der Waals surface area contributed by atoms with Crippen molar-refractivity contribution < 1.29 is 9.59 Å². The fourth-order valence-electron chi connectivity index (χ4n) is 4.24. The van der Waals surface area contributed by atoms with Gasteiger partial charge in [0.05, 0.1) is 34.9 Å². The lowest BCUT2D eigenvalue weighted by Gasteiger charge is -2.29. The van der Waals surface area contributed by atoms with Crippen molar-refractivity contribution in [1.82, 2.24) is 9.78 Å². The van der Waals surface area contributed by atoms with Crippen LogP contribution in [0.5, 0.6) is 0 Å². The van der Waals surface area contributed by atoms with Gasteiger partial charge in [-0.1, -0.05) is 18.2 Å². The number of nitrogens with two attached hydrogens (primary N) is 1. The van der Waals surface area contributed by atoms with Crippen LogP contribution in [0, 0.1) is 13.8 Å². The fraction of sp³-hybridized carbons (Fsp3) is 0.320. The molecule has 8 heteroatoms. The van der Waals surface area contributed by atoms with Crippen molar-refractivity contribution in [3.05, 3.63) is 65.5 Å². The Bertz CT molecular complexity index is 1150. The Kier molecular flexibility index (Phi) is 6.63. The summed E-state index contributed by atoms with van der Waals surface area (Å²) in [5, 5.41) is 10.6. The SMILES string of the molecule is Cc1nn(-c2ccccc2)c(C)c1NC(=O)CNc1ccc(N2CCCCC2)cc1C(N)=O. The van der Waals surface area contributed by atoms with Gasteiger partial charge in [-0.15, -0.1) is 0 Å². The number of aryl methyl sites for hydroxylation is 1. The molecule has 1 aromatic heterocycles. The van der Waals surface area contributed by atoms with Crippen molar-refractivity contribution in [2.45, 2.75) is 33.1 Å². The van der Waals surface area contributed by atoms with E-state index < -0.39 is 5.91 Å². The molecule has 0 atom stereocenters. The Hall–Kier alpha value is -3.81. The van der Waals surface area contributed by atoms with Gasteiger partial charge >= 0.3 is 0 Å². The number of anilines is 3. The summed E-state index contributed by atoms with van der Waals surface area (Å²) >= 11 is 0. The van der Waals surface area contributed by atoms with Crippen LogP contribution in [0.15, 0.2) is 48.5 Å². The predicted molar refractivity (Wildman–Crippen MR) is 131 cm³/mol. The van der Waals surface area contributed by atoms with Crippen LogP contribution < -0.4 is 21.3 Å². The second-order valence-corrected chi connectivity index (χ2v) is 8.34. The largest absolute Gasteiger partial charge is 0.375 e. The first-order valence-corrected chi connectivity index (χ1v) is 11.3. The third-order valence-corrected chi connectivity index (χ3v) is 5.99. The van der Waals surface area contributed by atoms with Gasteiger partial charge in [0.1, 0.15) is 0 Å². The summed E-state index contributed by atoms with van der Waals surface area (Å²) in [5.74, 6) is -0.753. The van der Waals surface area contributed by atoms with E-state index in [0.717, 1.165) is 48.7 Å². The van der Waals surface area contributed by atoms with Crippen molar-refractivity contribution in [1.29, 1.82) is 0 Å². The van der Waals surface area contributed by atoms with E-state index in [0.29, 0.717) is 16.9 Å². The molecule has 2 heterocycles. The van der Waals surface area contributed by atoms with Crippen LogP contribution >= 0.6 is 0 Å². The number of carbonyl (C=O) groups excluding carboxylic acids is 2. The molecule has 1 fully saturated rings. The lowest BCUT2D eigenvalue weighted by Crippen LogP contribution is -2.30. The number of piperidine rings is 1. The van der Waals surface area contributed by atoms with Gasteiger partial charge in [0, 0.05) is 24.5 Å². The van der Waals surface area contributed by atoms with E-state index in [1.165, 1.54) is 6.42 Å². The van der Waals surface area contributed by atoms with Gasteiger partial charge in [0.15, 0.2) is 0 Å². The highest BCUT2D eigenvalue weighted by atomic mass is 16.2. The first-order chi connectivity index (χ1) is 15.9. The number of nitrogens with one attached hydrogen (secondary N) is 2. The van der Waals surface area contributed by atoms with Crippen LogP contribution in [0.3, 0.4) is 0 Å². The molecule has 0 unspecified atom stereocenters. The van der Waals surface area contributed by atoms with Gasteiger partial charge in [-0.25, -0.2) is 4.68 Å². The van der Waals surface area contributed by atoms with E-state index in [4.69, 9.17) is 5.73 Å². The van der Waals surface area contributed by atoms with Crippen LogP contribution in [0.1, 0.15) is 41.0 Å². The van der Waals surface area contributed by atoms with Crippen molar-refractivity contribution in [2.75, 3.05) is 35.2 Å². The van der Waals surface area contributed by atoms with Crippen molar-refractivity contribution in [2.24, 2.45) is 5.73 Å². The van der Waals surface area contributed by atoms with E-state index >= 15 is 0 Å². The number of rotatable bonds is 7. The van der Waals surface area contributed by atoms with E-state index in [2.05, 4.69) is 20.6 Å². The Balaban J connectivity index is 1.45. The predicted octanol–water partition coefficient (Wildman–Crippen LogP) is 3.63. The molecule has 33 heavy (non-hydrogen) atoms. The quantitative estimate of drug-likeness (QED) is 0.514. The van der Waals surface area contributed by atoms with E-state index in [1.807, 2.05) is 67.1 Å². The molecule has 0 aliphatic carbocycles. The number of amides is 2. The summed E-state index contributed by atoms with van der Waals surface area (Å²) < 4.78 is 1.81. The molecular weight excluding hydrogens is 416 g/mol. The van der Waals surface area contributed by atoms with Crippen LogP contribution in [0.2, 0.25) is 0 Å². The number of para-hydroxylation sites is 1. The molecule has 0 saturated carbocycles. The molecule has 4 rings (SSSR count). The molecule has 0 bridgehead atoms. The fourth-order valence-corrected chi connectivity index (χ4v) is 4.24. The third-order valence-electron chi connectivity index (χ3n) is 5.99. The minimum atomic E-state index is -0.521. The van der Waals surface area contributed by atoms with E-state index in [1.54, 1.807) is 0 Å². The van der Waals surface area contributed by atoms with Crippen molar-refractivity contribution in [3.63, 3.8) is 0 Å². The first kappa shape index (κ1) is 22.4. The molecule has 0 spiro atoms. The standard InChI is InChI=1S/C25H30N6O2/c1-17-24(18(2)31(29-17)19-9-5-3-6-10-19)28-23(32)16-27-22-12-11-20(15-21(22)25(26)33)30-13-7-4-8-14-30/h3,5-6,9-12,15,27H,4,7-8,13-14,16H2,1-2H3,(H2,26,33)(H,28,32). The molecular formula is C25H30N6O2. The molecule has 1 saturated heterocycles. The summed E-state index contributed by atoms with van der Waals surface area (Å²) in [6.07, 6.45) is 3.52. The molecule has 4 N–H and O–H groups in total. The van der Waals surface area contributed by atoms with Gasteiger partial charge < -0.3 is 21.3 Å². The molecule has 8 nitrogen and oxygen atoms in total. The highest BCUT2D eigenvalue weighted by Crippen LogP contribution is 2.26. The van der Waals surface area contributed by atoms with E-state index in [9.17, 15) is 9.59 Å². The Morgan fingerprint density at radius 3 is 2.42 bits per heavy atom. The molecule has 1 aliphatic rings. The molecule has 172 valence electrons. The highest BCUT2D eigenvalue weighted by Gasteiger charge is 2.18. The Labute approximate surface area is 193 Å². The van der Waals surface area contributed by atoms with E-state index in [-0.39, 0.29) is 12.5 Å². The maximum absolute atomic E-state index is 12.7. The van der Waals surface area contributed by atoms with Crippen molar-refractivity contribution in [3.8, 4) is 5.69 Å². The lowest BCUT2D eigenvalue weighted by atomic mass is 10.1. The maximum atomic E-state index is 12.7. The van der Waals surface area contributed by atoms with Gasteiger partial charge in [-0.05, 0) is 63.4 Å². The molecule has 2 aromatic carbocycles. The van der Waals surface area contributed by atoms with Gasteiger partial charge in [0.25, 0.3) is 5.91 Å². The third kappa shape index (κ3) is 5.00. The molecule has 0 radical (unpaired) electrons. The number of aromatic nitrogens is 2. The average molecular weight is 447 g/mol. The number of nitrogens with zero attached hydrogens (tertiary/aromatic N) is 3. The zero-order chi connectivity index (χ0) is 23.4. The van der Waals surface area contributed by atoms with Crippen LogP contribution in [-0.2, 0) is 4.79 Å². The van der Waals surface area contributed by atoms with Crippen molar-refractivity contribution >= 4 is 28.9 Å². The minimum absolute atomic E-state index is 0.00125. The second-order valence-electron chi connectivity index (χ2n) is 8.34. The zero-order valence-electron chi connectivity index (χ0n) is 19.1. The summed E-state index contributed by atoms with van der Waals surface area (Å²) in [6, 6.07) is 15.4. The Morgan fingerprint density at radius 1 is 1.00 bits per heavy atom. The monoisotopic (exact) mass is 446 g/mol. The van der Waals surface area contributed by atoms with Crippen LogP contribution in [0.4, 0.5) is 17.1 Å². The average Bonchev–Trinajstić information content (AvgIpc) is 3.12. The smallest absolute Gasteiger partial charge is 0.250 e. The number of hydrogen-bond donors (Lipinski definition) is 3. The molecule has 2 amide bonds. The minimum Gasteiger partial charge on any atom is -0.375 e. The lowest BCUT2D eigenvalue weighted by molar-refractivity contribution is -0.114. The van der Waals surface area contributed by atoms with Gasteiger partial charge in [-0.3, -0.25) is 9.59 Å². The van der Waals surface area contributed by atoms with Crippen LogP contribution in [-0.4, -0.2) is 41.2 Å². The highest BCUT2D eigenvalue weighted by molar-refractivity contribution is 6.01. The molecule has 3 aromatic rings. The summed E-state index contributed by atoms with van der Waals surface area (Å²) in [5.41, 5.74) is 10.7.